The Kier molecular flexibility index (Phi) is 5.15. The number of hydrogen-bond acceptors (Lipinski definition) is 5. The summed E-state index contributed by atoms with van der Waals surface area (Å²) in [6, 6.07) is 5.85. The second-order valence-electron chi connectivity index (χ2n) is 5.19. The molecule has 0 bridgehead atoms. The van der Waals surface area contributed by atoms with E-state index in [9.17, 15) is 4.79 Å². The number of carbonyl (C=O) groups is 1. The van der Waals surface area contributed by atoms with Crippen LogP contribution in [-0.2, 0) is 14.3 Å². The molecule has 25 heavy (non-hydrogen) atoms. The molecule has 1 aliphatic rings. The summed E-state index contributed by atoms with van der Waals surface area (Å²) in [6.45, 7) is 1.96. The molecule has 1 aromatic carbocycles. The van der Waals surface area contributed by atoms with Crippen LogP contribution in [-0.4, -0.2) is 31.8 Å². The summed E-state index contributed by atoms with van der Waals surface area (Å²) in [4.78, 5) is 12.2. The largest absolute Gasteiger partial charge is 0.481 e. The van der Waals surface area contributed by atoms with Gasteiger partial charge in [0.2, 0.25) is 17.3 Å². The van der Waals surface area contributed by atoms with E-state index in [1.165, 1.54) is 7.11 Å². The molecule has 0 aliphatic carbocycles. The zero-order chi connectivity index (χ0) is 18.0. The molecule has 2 aromatic rings. The maximum Gasteiger partial charge on any atom is 0.343 e. The molecule has 1 aromatic heterocycles. The van der Waals surface area contributed by atoms with Crippen LogP contribution in [0, 0.1) is 5.41 Å². The average Bonchev–Trinajstić information content (AvgIpc) is 3.08. The van der Waals surface area contributed by atoms with Crippen LogP contribution in [0.4, 0.5) is 11.4 Å². The van der Waals surface area contributed by atoms with Crippen LogP contribution < -0.4 is 4.58 Å². The van der Waals surface area contributed by atoms with Crippen LogP contribution in [0.1, 0.15) is 18.1 Å². The normalized spacial score (nSPS) is 12.8. The third-order valence-corrected chi connectivity index (χ3v) is 5.08. The highest BCUT2D eigenvalue weighted by atomic mass is 79.9. The van der Waals surface area contributed by atoms with E-state index in [-0.39, 0.29) is 18.1 Å². The van der Waals surface area contributed by atoms with E-state index in [1.54, 1.807) is 24.3 Å². The van der Waals surface area contributed by atoms with E-state index in [1.807, 2.05) is 29.8 Å². The number of esters is 1. The number of fused-ring (bicyclic) bond motifs is 1. The first kappa shape index (κ1) is 17.6. The molecular formula is C18H16BrN2O3S+. The lowest BCUT2D eigenvalue weighted by atomic mass is 9.99. The van der Waals surface area contributed by atoms with Crippen LogP contribution >= 0.6 is 27.3 Å². The van der Waals surface area contributed by atoms with Crippen LogP contribution in [0.25, 0.3) is 6.08 Å². The first-order valence-corrected chi connectivity index (χ1v) is 9.31. The van der Waals surface area contributed by atoms with E-state index < -0.39 is 5.97 Å². The molecule has 0 saturated carbocycles. The summed E-state index contributed by atoms with van der Waals surface area (Å²) in [6.07, 6.45) is 3.67. The number of carbonyl (C=O) groups excluding carboxylic acids is 1. The van der Waals surface area contributed by atoms with E-state index in [0.29, 0.717) is 0 Å². The van der Waals surface area contributed by atoms with Crippen molar-refractivity contribution in [3.05, 3.63) is 50.1 Å². The van der Waals surface area contributed by atoms with Crippen LogP contribution in [0.15, 0.2) is 39.0 Å². The fourth-order valence-corrected chi connectivity index (χ4v) is 3.58. The maximum atomic E-state index is 12.2. The van der Waals surface area contributed by atoms with Gasteiger partial charge in [-0.1, -0.05) is 0 Å². The number of hydrogen-bond donors (Lipinski definition) is 1. The zero-order valence-corrected chi connectivity index (χ0v) is 16.1. The topological polar surface area (TPSA) is 62.4 Å². The molecule has 0 radical (unpaired) electrons. The highest BCUT2D eigenvalue weighted by molar-refractivity contribution is 9.10. The van der Waals surface area contributed by atoms with Gasteiger partial charge in [-0.25, -0.2) is 4.79 Å². The number of methoxy groups -OCH3 is 1. The Hall–Kier alpha value is -2.25. The number of benzene rings is 1. The van der Waals surface area contributed by atoms with Crippen molar-refractivity contribution in [2.24, 2.45) is 0 Å². The SMILES string of the molecule is CCOC(=O)/C(=C/c1ccc(Br)c2c1[N+](c1ccsc1)=C2)C(=N)OC. The second-order valence-corrected chi connectivity index (χ2v) is 6.83. The highest BCUT2D eigenvalue weighted by Gasteiger charge is 2.33. The fraction of sp³-hybridized carbons (Fsp3) is 0.167. The van der Waals surface area contributed by atoms with E-state index in [4.69, 9.17) is 14.9 Å². The van der Waals surface area contributed by atoms with E-state index >= 15 is 0 Å². The zero-order valence-electron chi connectivity index (χ0n) is 13.7. The predicted octanol–water partition coefficient (Wildman–Crippen LogP) is 4.35. The van der Waals surface area contributed by atoms with Gasteiger partial charge in [0.05, 0.1) is 19.1 Å². The summed E-state index contributed by atoms with van der Waals surface area (Å²) in [5.74, 6) is -0.795. The Morgan fingerprint density at radius 2 is 2.20 bits per heavy atom. The Morgan fingerprint density at radius 1 is 1.40 bits per heavy atom. The number of thiophene rings is 1. The third kappa shape index (κ3) is 3.29. The quantitative estimate of drug-likeness (QED) is 0.220. The lowest BCUT2D eigenvalue weighted by Crippen LogP contribution is -2.21. The minimum atomic E-state index is -0.573. The van der Waals surface area contributed by atoms with E-state index in [2.05, 4.69) is 25.9 Å². The van der Waals surface area contributed by atoms with Gasteiger partial charge in [-0.3, -0.25) is 5.41 Å². The number of ether oxygens (including phenoxy) is 2. The maximum absolute atomic E-state index is 12.2. The smallest absolute Gasteiger partial charge is 0.343 e. The van der Waals surface area contributed by atoms with Crippen molar-refractivity contribution < 1.29 is 14.3 Å². The molecule has 128 valence electrons. The van der Waals surface area contributed by atoms with Gasteiger partial charge in [0.25, 0.3) is 0 Å². The number of rotatable bonds is 5. The molecular weight excluding hydrogens is 404 g/mol. The molecule has 1 N–H and O–H groups in total. The minimum absolute atomic E-state index is 0.0889. The summed E-state index contributed by atoms with van der Waals surface area (Å²) >= 11 is 5.17. The molecule has 0 atom stereocenters. The summed E-state index contributed by atoms with van der Waals surface area (Å²) in [5.41, 5.74) is 3.98. The third-order valence-electron chi connectivity index (χ3n) is 3.72. The molecule has 3 rings (SSSR count). The summed E-state index contributed by atoms with van der Waals surface area (Å²) in [5, 5.41) is 12.0. The Bertz CT molecular complexity index is 901. The van der Waals surface area contributed by atoms with Crippen LogP contribution in [0.3, 0.4) is 0 Å². The van der Waals surface area contributed by atoms with Gasteiger partial charge < -0.3 is 9.47 Å². The first-order chi connectivity index (χ1) is 12.1. The molecule has 7 heteroatoms. The van der Waals surface area contributed by atoms with Crippen molar-refractivity contribution in [1.29, 1.82) is 5.41 Å². The second kappa shape index (κ2) is 7.33. The van der Waals surface area contributed by atoms with Crippen LogP contribution in [0.5, 0.6) is 0 Å². The molecule has 5 nitrogen and oxygen atoms in total. The molecule has 0 saturated heterocycles. The Labute approximate surface area is 157 Å². The first-order valence-electron chi connectivity index (χ1n) is 7.57. The number of nitrogens with zero attached hydrogens (tertiary/aromatic N) is 1. The monoisotopic (exact) mass is 419 g/mol. The van der Waals surface area contributed by atoms with Crippen molar-refractivity contribution in [3.63, 3.8) is 0 Å². The van der Waals surface area contributed by atoms with Gasteiger partial charge in [0, 0.05) is 16.1 Å². The van der Waals surface area contributed by atoms with Gasteiger partial charge in [0.1, 0.15) is 11.1 Å². The molecule has 1 aliphatic heterocycles. The highest BCUT2D eigenvalue weighted by Crippen LogP contribution is 2.39. The van der Waals surface area contributed by atoms with Gasteiger partial charge in [-0.2, -0.15) is 4.58 Å². The Morgan fingerprint density at radius 3 is 2.84 bits per heavy atom. The molecule has 2 heterocycles. The number of halogens is 1. The lowest BCUT2D eigenvalue weighted by Gasteiger charge is -2.16. The lowest BCUT2D eigenvalue weighted by molar-refractivity contribution is -0.137. The summed E-state index contributed by atoms with van der Waals surface area (Å²) < 4.78 is 13.0. The van der Waals surface area contributed by atoms with Gasteiger partial charge in [-0.15, -0.1) is 11.3 Å². The predicted molar refractivity (Wildman–Crippen MR) is 104 cm³/mol. The average molecular weight is 420 g/mol. The van der Waals surface area contributed by atoms with Crippen molar-refractivity contribution in [2.75, 3.05) is 13.7 Å². The van der Waals surface area contributed by atoms with Crippen molar-refractivity contribution in [2.45, 2.75) is 6.92 Å². The van der Waals surface area contributed by atoms with Crippen LogP contribution in [0.2, 0.25) is 0 Å². The van der Waals surface area contributed by atoms with Gasteiger partial charge >= 0.3 is 5.97 Å². The fourth-order valence-electron chi connectivity index (χ4n) is 2.53. The minimum Gasteiger partial charge on any atom is -0.481 e. The molecule has 0 amide bonds. The Balaban J connectivity index is 2.08. The van der Waals surface area contributed by atoms with E-state index in [0.717, 1.165) is 27.0 Å². The summed E-state index contributed by atoms with van der Waals surface area (Å²) in [7, 11) is 1.36. The van der Waals surface area contributed by atoms with Crippen molar-refractivity contribution in [3.8, 4) is 0 Å². The number of nitrogens with one attached hydrogen (secondary N) is 1. The molecule has 0 fully saturated rings. The standard InChI is InChI=1S/C18H16BrN2O3S/c1-3-24-18(22)13(17(20)23-2)8-11-4-5-15(19)14-9-21(16(11)14)12-6-7-25-10-12/h4-10,20H,3H2,1-2H3/q+1/b13-8+,20-17?. The van der Waals surface area contributed by atoms with Crippen molar-refractivity contribution >= 4 is 62.8 Å². The van der Waals surface area contributed by atoms with Gasteiger partial charge in [0.15, 0.2) is 6.21 Å². The molecule has 0 unspecified atom stereocenters. The molecule has 0 spiro atoms. The van der Waals surface area contributed by atoms with Gasteiger partial charge in [-0.05, 0) is 46.4 Å². The van der Waals surface area contributed by atoms with Crippen molar-refractivity contribution in [1.82, 2.24) is 4.58 Å².